The van der Waals surface area contributed by atoms with Gasteiger partial charge in [0.1, 0.15) is 42.0 Å². The summed E-state index contributed by atoms with van der Waals surface area (Å²) in [6.45, 7) is 11.0. The molecule has 9 atom stereocenters. The van der Waals surface area contributed by atoms with Gasteiger partial charge in [0.2, 0.25) is 35.4 Å². The summed E-state index contributed by atoms with van der Waals surface area (Å²) in [7, 11) is 1.51. The molecule has 1 fully saturated rings. The van der Waals surface area contributed by atoms with Crippen LogP contribution in [0, 0.1) is 17.8 Å². The van der Waals surface area contributed by atoms with Gasteiger partial charge in [0.25, 0.3) is 0 Å². The normalized spacial score (nSPS) is 17.2. The number of H-pyrrole nitrogens is 1. The minimum atomic E-state index is -1.25. The van der Waals surface area contributed by atoms with Crippen molar-refractivity contribution in [3.8, 4) is 5.75 Å². The highest BCUT2D eigenvalue weighted by atomic mass is 16.5. The highest BCUT2D eigenvalue weighted by Gasteiger charge is 2.41. The number of carboxylic acid groups (broad SMARTS) is 1. The van der Waals surface area contributed by atoms with Crippen LogP contribution >= 0.6 is 0 Å². The van der Waals surface area contributed by atoms with Crippen LogP contribution in [0.25, 0.3) is 0 Å². The number of hydrogen-bond acceptors (Lipinski definition) is 11. The summed E-state index contributed by atoms with van der Waals surface area (Å²) in [5.41, 5.74) is 18.1. The molecule has 21 nitrogen and oxygen atoms in total. The summed E-state index contributed by atoms with van der Waals surface area (Å²) in [5.74, 6) is -5.79. The Morgan fingerprint density at radius 3 is 2.03 bits per heavy atom. The van der Waals surface area contributed by atoms with E-state index in [1.165, 1.54) is 24.5 Å². The van der Waals surface area contributed by atoms with E-state index in [2.05, 4.69) is 41.5 Å². The minimum Gasteiger partial charge on any atom is -0.497 e. The number of carbonyl (C=O) groups is 7. The van der Waals surface area contributed by atoms with Crippen molar-refractivity contribution in [1.82, 2.24) is 41.5 Å². The number of nitrogens with one attached hydrogen (secondary N) is 6. The number of nitrogens with zero attached hydrogens (tertiary/aromatic N) is 3. The maximum Gasteiger partial charge on any atom is 0.326 e. The van der Waals surface area contributed by atoms with Crippen LogP contribution in [-0.4, -0.2) is 130 Å². The Morgan fingerprint density at radius 1 is 0.846 bits per heavy atom. The Morgan fingerprint density at radius 2 is 1.46 bits per heavy atom. The van der Waals surface area contributed by atoms with Crippen molar-refractivity contribution in [3.05, 3.63) is 48.0 Å². The number of ether oxygens (including phenoxy) is 1. The average Bonchev–Trinajstić information content (AvgIpc) is 3.99. The van der Waals surface area contributed by atoms with Crippen molar-refractivity contribution < 1.29 is 43.4 Å². The van der Waals surface area contributed by atoms with E-state index in [1.807, 2.05) is 13.8 Å². The van der Waals surface area contributed by atoms with Gasteiger partial charge in [-0.05, 0) is 61.1 Å². The molecule has 1 aromatic heterocycles. The van der Waals surface area contributed by atoms with Crippen LogP contribution in [0.4, 0.5) is 0 Å². The molecule has 0 aliphatic carbocycles. The number of nitrogens with two attached hydrogens (primary N) is 3. The Kier molecular flexibility index (Phi) is 21.1. The number of likely N-dealkylation sites (tertiary alicyclic amines) is 1. The van der Waals surface area contributed by atoms with Gasteiger partial charge in [-0.3, -0.25) is 33.8 Å². The lowest BCUT2D eigenvalue weighted by Gasteiger charge is -2.32. The highest BCUT2D eigenvalue weighted by Crippen LogP contribution is 2.22. The molecule has 0 saturated carbocycles. The lowest BCUT2D eigenvalue weighted by molar-refractivity contribution is -0.146. The van der Waals surface area contributed by atoms with Crippen LogP contribution < -0.4 is 48.5 Å². The van der Waals surface area contributed by atoms with Gasteiger partial charge in [-0.15, -0.1) is 0 Å². The predicted molar refractivity (Wildman–Crippen MR) is 243 cm³/mol. The number of methoxy groups -OCH3 is 1. The van der Waals surface area contributed by atoms with Crippen LogP contribution in [0.15, 0.2) is 41.8 Å². The molecule has 2 heterocycles. The number of carboxylic acids is 1. The van der Waals surface area contributed by atoms with Crippen LogP contribution in [0.1, 0.15) is 91.3 Å². The van der Waals surface area contributed by atoms with Gasteiger partial charge in [-0.2, -0.15) is 0 Å². The molecule has 0 spiro atoms. The number of aromatic amines is 1. The molecule has 360 valence electrons. The molecule has 6 amide bonds. The molecule has 1 aliphatic heterocycles. The summed E-state index contributed by atoms with van der Waals surface area (Å²) in [5, 5.41) is 23.6. The van der Waals surface area contributed by atoms with Gasteiger partial charge in [0, 0.05) is 37.8 Å². The highest BCUT2D eigenvalue weighted by molar-refractivity contribution is 5.97. The average molecular weight is 911 g/mol. The summed E-state index contributed by atoms with van der Waals surface area (Å²) < 4.78 is 5.29. The fourth-order valence-corrected chi connectivity index (χ4v) is 7.38. The number of imidazole rings is 1. The maximum absolute atomic E-state index is 14.4. The second-order valence-electron chi connectivity index (χ2n) is 17.0. The third-order valence-electron chi connectivity index (χ3n) is 11.8. The van der Waals surface area contributed by atoms with E-state index in [0.717, 1.165) is 0 Å². The molecule has 21 heteroatoms. The molecular weight excluding hydrogens is 841 g/mol. The van der Waals surface area contributed by atoms with Crippen LogP contribution in [0.2, 0.25) is 0 Å². The van der Waals surface area contributed by atoms with Crippen molar-refractivity contribution in [1.29, 1.82) is 0 Å². The number of hydrogen-bond donors (Lipinski definition) is 10. The third kappa shape index (κ3) is 16.1. The number of aliphatic carboxylic acids is 1. The largest absolute Gasteiger partial charge is 0.497 e. The minimum absolute atomic E-state index is 0.0153. The Labute approximate surface area is 380 Å². The molecule has 0 radical (unpaired) electrons. The zero-order valence-corrected chi connectivity index (χ0v) is 38.6. The lowest BCUT2D eigenvalue weighted by Crippen LogP contribution is -2.61. The number of benzene rings is 1. The van der Waals surface area contributed by atoms with Crippen molar-refractivity contribution >= 4 is 47.4 Å². The fraction of sp³-hybridized carbons (Fsp3) is 0.614. The van der Waals surface area contributed by atoms with E-state index >= 15 is 0 Å². The van der Waals surface area contributed by atoms with Gasteiger partial charge in [0.15, 0.2) is 5.96 Å². The third-order valence-corrected chi connectivity index (χ3v) is 11.8. The first-order chi connectivity index (χ1) is 30.8. The number of rotatable bonds is 26. The SMILES string of the molecule is CC[C@H](C)[C@H](NC(=O)[C@@H]1CCCN1C(=O)[C@H](Cc1cnc[nH]1)NC(=O)[C@@H](NC(=O)[C@H](Cc1ccc(OC)cc1)NC(=O)[C@@H](NC(=O)[C@@H](N)CCCN=C(N)N)C(C)C)[C@@H](C)CC)C(=O)O. The maximum atomic E-state index is 14.4. The molecule has 3 rings (SSSR count). The smallest absolute Gasteiger partial charge is 0.326 e. The van der Waals surface area contributed by atoms with E-state index in [1.54, 1.807) is 52.0 Å². The second-order valence-corrected chi connectivity index (χ2v) is 17.0. The zero-order valence-electron chi connectivity index (χ0n) is 38.6. The summed E-state index contributed by atoms with van der Waals surface area (Å²) in [4.78, 5) is 108. The first-order valence-corrected chi connectivity index (χ1v) is 22.3. The lowest BCUT2D eigenvalue weighted by atomic mass is 9.96. The van der Waals surface area contributed by atoms with Crippen LogP contribution in [-0.2, 0) is 46.4 Å². The van der Waals surface area contributed by atoms with Crippen molar-refractivity contribution in [2.75, 3.05) is 20.2 Å². The Bertz CT molecular complexity index is 1920. The van der Waals surface area contributed by atoms with Crippen molar-refractivity contribution in [3.63, 3.8) is 0 Å². The standard InChI is InChI=1S/C44H70N12O9/c1-8-25(5)35(41(61)52-32(21-28-22-48-23-50-28)42(62)56-19-11-13-33(56)39(59)55-36(43(63)64)26(6)9-2)54-38(58)31(20-27-14-16-29(65-7)17-15-27)51-40(60)34(24(3)4)53-37(57)30(45)12-10-18-49-44(46)47/h14-17,22-26,30-36H,8-13,18-21,45H2,1-7H3,(H,48,50)(H,51,60)(H,52,61)(H,53,57)(H,54,58)(H,55,59)(H,63,64)(H4,46,47,49)/t25-,26-,30-,31-,32-,33-,34-,35-,36-/m0/s1. The molecular formula is C44H70N12O9. The fourth-order valence-electron chi connectivity index (χ4n) is 7.38. The number of guanidine groups is 1. The Hall–Kier alpha value is -6.25. The topological polar surface area (TPSA) is 331 Å². The van der Waals surface area contributed by atoms with Gasteiger partial charge in [0.05, 0.1) is 19.5 Å². The zero-order chi connectivity index (χ0) is 48.4. The number of carbonyl (C=O) groups excluding carboxylic acids is 6. The van der Waals surface area contributed by atoms with Crippen molar-refractivity contribution in [2.45, 2.75) is 135 Å². The van der Waals surface area contributed by atoms with E-state index in [9.17, 15) is 38.7 Å². The molecule has 0 bridgehead atoms. The molecule has 2 aromatic rings. The molecule has 65 heavy (non-hydrogen) atoms. The van der Waals surface area contributed by atoms with Gasteiger partial charge < -0.3 is 63.5 Å². The van der Waals surface area contributed by atoms with E-state index in [4.69, 9.17) is 21.9 Å². The first kappa shape index (κ1) is 53.1. The molecule has 1 aromatic carbocycles. The number of amides is 6. The Balaban J connectivity index is 1.90. The number of aromatic nitrogens is 2. The first-order valence-electron chi connectivity index (χ1n) is 22.3. The van der Waals surface area contributed by atoms with E-state index < -0.39 is 95.5 Å². The summed E-state index contributed by atoms with van der Waals surface area (Å²) >= 11 is 0. The van der Waals surface area contributed by atoms with Gasteiger partial charge in [-0.25, -0.2) is 9.78 Å². The van der Waals surface area contributed by atoms with Crippen LogP contribution in [0.5, 0.6) is 5.75 Å². The monoisotopic (exact) mass is 911 g/mol. The second kappa shape index (κ2) is 25.9. The van der Waals surface area contributed by atoms with Gasteiger partial charge in [-0.1, -0.05) is 66.5 Å². The molecule has 1 saturated heterocycles. The molecule has 13 N–H and O–H groups in total. The quantitative estimate of drug-likeness (QED) is 0.0334. The summed E-state index contributed by atoms with van der Waals surface area (Å²) in [6.07, 6.45) is 5.21. The predicted octanol–water partition coefficient (Wildman–Crippen LogP) is -0.168. The van der Waals surface area contributed by atoms with Crippen LogP contribution in [0.3, 0.4) is 0 Å². The van der Waals surface area contributed by atoms with E-state index in [0.29, 0.717) is 42.7 Å². The van der Waals surface area contributed by atoms with Crippen molar-refractivity contribution in [2.24, 2.45) is 39.9 Å². The van der Waals surface area contributed by atoms with Gasteiger partial charge >= 0.3 is 5.97 Å². The molecule has 1 aliphatic rings. The van der Waals surface area contributed by atoms with E-state index in [-0.39, 0.29) is 50.7 Å². The number of aliphatic imine (C=N–C) groups is 1. The molecule has 0 unspecified atom stereocenters. The summed E-state index contributed by atoms with van der Waals surface area (Å²) in [6, 6.07) is -1.02.